The van der Waals surface area contributed by atoms with E-state index >= 15 is 0 Å². The van der Waals surface area contributed by atoms with Crippen LogP contribution in [0.5, 0.6) is 0 Å². The second-order valence-electron chi connectivity index (χ2n) is 5.35. The van der Waals surface area contributed by atoms with Gasteiger partial charge in [-0.2, -0.15) is 0 Å². The van der Waals surface area contributed by atoms with Crippen molar-refractivity contribution in [1.29, 1.82) is 0 Å². The van der Waals surface area contributed by atoms with Gasteiger partial charge in [-0.15, -0.1) is 0 Å². The number of hydrogen-bond acceptors (Lipinski definition) is 3. The van der Waals surface area contributed by atoms with Gasteiger partial charge in [0.05, 0.1) is 15.7 Å². The molecular weight excluding hydrogens is 361 g/mol. The lowest BCUT2D eigenvalue weighted by Crippen LogP contribution is -2.47. The summed E-state index contributed by atoms with van der Waals surface area (Å²) in [6.07, 6.45) is 2.67. The summed E-state index contributed by atoms with van der Waals surface area (Å²) >= 11 is 17.9. The molecule has 0 saturated carbocycles. The fourth-order valence-corrected chi connectivity index (χ4v) is 3.48. The van der Waals surface area contributed by atoms with Crippen molar-refractivity contribution in [2.24, 2.45) is 0 Å². The van der Waals surface area contributed by atoms with Crippen LogP contribution in [0.15, 0.2) is 12.1 Å². The number of carbonyl (C=O) groups excluding carboxylic acids is 2. The normalized spacial score (nSPS) is 17.2. The maximum Gasteiger partial charge on any atom is 0.261 e. The number of amides is 2. The van der Waals surface area contributed by atoms with Gasteiger partial charge < -0.3 is 4.90 Å². The fraction of sp³-hybridized carbons (Fsp3) is 0.467. The molecule has 2 rings (SSSR count). The zero-order chi connectivity index (χ0) is 17.0. The minimum Gasteiger partial charge on any atom is -0.331 e. The summed E-state index contributed by atoms with van der Waals surface area (Å²) in [6.45, 7) is 2.55. The highest BCUT2D eigenvalue weighted by molar-refractivity contribution is 6.41. The van der Waals surface area contributed by atoms with Crippen LogP contribution in [0.2, 0.25) is 15.1 Å². The molecule has 1 saturated heterocycles. The molecule has 1 aliphatic rings. The minimum atomic E-state index is -0.466. The number of carbonyl (C=O) groups is 2. The number of nitrogens with one attached hydrogen (secondary N) is 2. The molecule has 0 radical (unpaired) electrons. The van der Waals surface area contributed by atoms with E-state index in [2.05, 4.69) is 10.9 Å². The van der Waals surface area contributed by atoms with Gasteiger partial charge in [0.15, 0.2) is 0 Å². The van der Waals surface area contributed by atoms with E-state index in [0.717, 1.165) is 12.8 Å². The first-order valence-electron chi connectivity index (χ1n) is 7.44. The predicted octanol–water partition coefficient (Wildman–Crippen LogP) is 3.88. The van der Waals surface area contributed by atoms with E-state index in [0.29, 0.717) is 40.1 Å². The van der Waals surface area contributed by atoms with Crippen molar-refractivity contribution >= 4 is 52.3 Å². The van der Waals surface area contributed by atoms with E-state index in [1.807, 2.05) is 6.92 Å². The monoisotopic (exact) mass is 377 g/mol. The van der Waals surface area contributed by atoms with Crippen LogP contribution in [0.3, 0.4) is 0 Å². The Morgan fingerprint density at radius 2 is 1.91 bits per heavy atom. The Kier molecular flexibility index (Phi) is 6.39. The first-order chi connectivity index (χ1) is 10.9. The van der Waals surface area contributed by atoms with E-state index < -0.39 is 6.04 Å². The quantitative estimate of drug-likeness (QED) is 0.764. The maximum absolute atomic E-state index is 12.3. The number of benzene rings is 1. The van der Waals surface area contributed by atoms with Crippen molar-refractivity contribution < 1.29 is 9.59 Å². The lowest BCUT2D eigenvalue weighted by molar-refractivity contribution is -0.138. The molecule has 1 aromatic rings. The molecule has 0 aromatic heterocycles. The number of nitrogens with zero attached hydrogens (tertiary/aromatic N) is 1. The Balaban J connectivity index is 2.01. The van der Waals surface area contributed by atoms with E-state index in [4.69, 9.17) is 34.8 Å². The number of anilines is 1. The zero-order valence-electron chi connectivity index (χ0n) is 12.7. The number of rotatable bonds is 5. The Hall–Kier alpha value is -1.17. The molecule has 1 aromatic carbocycles. The fourth-order valence-electron chi connectivity index (χ4n) is 2.56. The van der Waals surface area contributed by atoms with Gasteiger partial charge in [-0.3, -0.25) is 20.4 Å². The second-order valence-corrected chi connectivity index (χ2v) is 6.60. The highest BCUT2D eigenvalue weighted by Crippen LogP contribution is 2.33. The summed E-state index contributed by atoms with van der Waals surface area (Å²) in [6, 6.07) is 2.58. The Morgan fingerprint density at radius 3 is 2.52 bits per heavy atom. The molecule has 126 valence electrons. The lowest BCUT2D eigenvalue weighted by atomic mass is 10.2. The summed E-state index contributed by atoms with van der Waals surface area (Å²) in [4.78, 5) is 26.0. The summed E-state index contributed by atoms with van der Waals surface area (Å²) in [7, 11) is 0. The number of likely N-dealkylation sites (tertiary alicyclic amines) is 1. The van der Waals surface area contributed by atoms with Gasteiger partial charge in [-0.05, 0) is 31.4 Å². The van der Waals surface area contributed by atoms with Gasteiger partial charge in [0.2, 0.25) is 5.91 Å². The van der Waals surface area contributed by atoms with E-state index in [1.54, 1.807) is 4.90 Å². The van der Waals surface area contributed by atoms with Crippen LogP contribution in [0, 0.1) is 0 Å². The molecule has 8 heteroatoms. The number of halogens is 3. The maximum atomic E-state index is 12.3. The third-order valence-electron chi connectivity index (χ3n) is 3.66. The topological polar surface area (TPSA) is 61.4 Å². The summed E-state index contributed by atoms with van der Waals surface area (Å²) in [5.41, 5.74) is 5.66. The largest absolute Gasteiger partial charge is 0.331 e. The van der Waals surface area contributed by atoms with Crippen molar-refractivity contribution in [3.8, 4) is 0 Å². The zero-order valence-corrected chi connectivity index (χ0v) is 14.9. The highest BCUT2D eigenvalue weighted by Gasteiger charge is 2.33. The van der Waals surface area contributed by atoms with Crippen molar-refractivity contribution in [1.82, 2.24) is 10.3 Å². The van der Waals surface area contributed by atoms with Gasteiger partial charge in [0.1, 0.15) is 6.04 Å². The molecule has 2 amide bonds. The van der Waals surface area contributed by atoms with Crippen molar-refractivity contribution in [3.05, 3.63) is 27.2 Å². The van der Waals surface area contributed by atoms with Crippen LogP contribution in [0.4, 0.5) is 5.69 Å². The number of hydrazine groups is 1. The third-order valence-corrected chi connectivity index (χ3v) is 4.47. The number of hydrogen-bond donors (Lipinski definition) is 2. The van der Waals surface area contributed by atoms with E-state index in [-0.39, 0.29) is 11.8 Å². The molecule has 1 unspecified atom stereocenters. The average molecular weight is 379 g/mol. The van der Waals surface area contributed by atoms with Gasteiger partial charge >= 0.3 is 0 Å². The molecule has 1 atom stereocenters. The van der Waals surface area contributed by atoms with Gasteiger partial charge in [0.25, 0.3) is 5.91 Å². The van der Waals surface area contributed by atoms with Crippen molar-refractivity contribution in [2.45, 2.75) is 38.6 Å². The summed E-state index contributed by atoms with van der Waals surface area (Å²) < 4.78 is 0. The molecule has 0 bridgehead atoms. The van der Waals surface area contributed by atoms with Crippen LogP contribution in [-0.4, -0.2) is 29.3 Å². The van der Waals surface area contributed by atoms with Crippen molar-refractivity contribution in [2.75, 3.05) is 12.0 Å². The first kappa shape index (κ1) is 18.2. The van der Waals surface area contributed by atoms with E-state index in [1.165, 1.54) is 12.1 Å². The first-order valence-corrected chi connectivity index (χ1v) is 8.57. The van der Waals surface area contributed by atoms with Crippen LogP contribution in [0.1, 0.15) is 32.6 Å². The lowest BCUT2D eigenvalue weighted by Gasteiger charge is -2.24. The Bertz CT molecular complexity index is 587. The van der Waals surface area contributed by atoms with Gasteiger partial charge in [0, 0.05) is 18.0 Å². The molecular formula is C15H18Cl3N3O2. The molecule has 2 N–H and O–H groups in total. The van der Waals surface area contributed by atoms with Gasteiger partial charge in [-0.25, -0.2) is 0 Å². The molecule has 1 aliphatic heterocycles. The Labute approximate surface area is 150 Å². The van der Waals surface area contributed by atoms with Gasteiger partial charge in [-0.1, -0.05) is 41.7 Å². The minimum absolute atomic E-state index is 0.00714. The SMILES string of the molecule is CCCC(=O)N1CCCC1C(=O)NNc1c(Cl)cc(Cl)cc1Cl. The molecule has 0 aliphatic carbocycles. The standard InChI is InChI=1S/C15H18Cl3N3O2/c1-2-4-13(22)21-6-3-5-12(21)15(23)20-19-14-10(17)7-9(16)8-11(14)18/h7-8,12,19H,2-6H2,1H3,(H,20,23). The average Bonchev–Trinajstić information content (AvgIpc) is 2.95. The Morgan fingerprint density at radius 1 is 1.26 bits per heavy atom. The smallest absolute Gasteiger partial charge is 0.261 e. The van der Waals surface area contributed by atoms with Crippen molar-refractivity contribution in [3.63, 3.8) is 0 Å². The summed E-state index contributed by atoms with van der Waals surface area (Å²) in [5.74, 6) is -0.276. The highest BCUT2D eigenvalue weighted by atomic mass is 35.5. The van der Waals surface area contributed by atoms with Crippen LogP contribution in [-0.2, 0) is 9.59 Å². The van der Waals surface area contributed by atoms with Crippen LogP contribution >= 0.6 is 34.8 Å². The second kappa shape index (κ2) is 8.08. The third kappa shape index (κ3) is 4.43. The van der Waals surface area contributed by atoms with Crippen LogP contribution < -0.4 is 10.9 Å². The summed E-state index contributed by atoms with van der Waals surface area (Å²) in [5, 5.41) is 1.00. The molecule has 1 fully saturated rings. The van der Waals surface area contributed by atoms with Crippen LogP contribution in [0.25, 0.3) is 0 Å². The molecule has 0 spiro atoms. The van der Waals surface area contributed by atoms with E-state index in [9.17, 15) is 9.59 Å². The molecule has 5 nitrogen and oxygen atoms in total. The predicted molar refractivity (Wildman–Crippen MR) is 92.9 cm³/mol. The molecule has 1 heterocycles. The molecule has 23 heavy (non-hydrogen) atoms.